The molecule has 3 atom stereocenters. The summed E-state index contributed by atoms with van der Waals surface area (Å²) in [6.45, 7) is 0. The van der Waals surface area contributed by atoms with Gasteiger partial charge in [-0.3, -0.25) is 9.11 Å². The Balaban J connectivity index is 2.88. The summed E-state index contributed by atoms with van der Waals surface area (Å²) in [7, 11) is -6.87. The molecule has 0 aromatic heterocycles. The van der Waals surface area contributed by atoms with Crippen LogP contribution >= 0.6 is 0 Å². The van der Waals surface area contributed by atoms with Crippen molar-refractivity contribution in [2.75, 3.05) is 7.05 Å². The zero-order chi connectivity index (χ0) is 12.6. The quantitative estimate of drug-likeness (QED) is 0.580. The van der Waals surface area contributed by atoms with Gasteiger partial charge in [0.25, 0.3) is 20.2 Å². The highest BCUT2D eigenvalue weighted by molar-refractivity contribution is 7.87. The number of rotatable bonds is 3. The third kappa shape index (κ3) is 3.14. The fourth-order valence-corrected chi connectivity index (χ4v) is 4.02. The van der Waals surface area contributed by atoms with Gasteiger partial charge in [-0.25, -0.2) is 0 Å². The summed E-state index contributed by atoms with van der Waals surface area (Å²) in [4.78, 5) is 0. The standard InChI is InChI=1S/C7H15NO6S2/c1-8-6-4-5(15(9,10)11)2-3-7(6)16(12,13)14/h5-8H,2-4H2,1H3,(H,9,10,11)(H,12,13,14). The Bertz CT molecular complexity index is 441. The summed E-state index contributed by atoms with van der Waals surface area (Å²) in [5.74, 6) is 0. The van der Waals surface area contributed by atoms with E-state index in [-0.39, 0.29) is 19.3 Å². The molecule has 0 aromatic carbocycles. The first kappa shape index (κ1) is 13.8. The van der Waals surface area contributed by atoms with E-state index in [1.165, 1.54) is 7.05 Å². The normalized spacial score (nSPS) is 32.6. The van der Waals surface area contributed by atoms with Crippen molar-refractivity contribution in [2.24, 2.45) is 0 Å². The van der Waals surface area contributed by atoms with Gasteiger partial charge in [0.15, 0.2) is 0 Å². The van der Waals surface area contributed by atoms with Gasteiger partial charge in [-0.05, 0) is 26.3 Å². The van der Waals surface area contributed by atoms with E-state index in [2.05, 4.69) is 5.32 Å². The van der Waals surface area contributed by atoms with E-state index < -0.39 is 36.8 Å². The number of hydrogen-bond donors (Lipinski definition) is 3. The summed E-state index contributed by atoms with van der Waals surface area (Å²) in [6, 6.07) is -0.671. The second-order valence-electron chi connectivity index (χ2n) is 3.90. The second kappa shape index (κ2) is 4.57. The Hall–Kier alpha value is -0.220. The molecule has 1 fully saturated rings. The third-order valence-corrected chi connectivity index (χ3v) is 5.51. The van der Waals surface area contributed by atoms with Gasteiger partial charge in [-0.2, -0.15) is 16.8 Å². The van der Waals surface area contributed by atoms with Gasteiger partial charge in [-0.15, -0.1) is 0 Å². The minimum atomic E-state index is -4.20. The summed E-state index contributed by atoms with van der Waals surface area (Å²) >= 11 is 0. The van der Waals surface area contributed by atoms with Gasteiger partial charge in [0.2, 0.25) is 0 Å². The Labute approximate surface area is 94.7 Å². The molecule has 96 valence electrons. The maximum Gasteiger partial charge on any atom is 0.269 e. The lowest BCUT2D eigenvalue weighted by Crippen LogP contribution is -2.49. The Morgan fingerprint density at radius 3 is 2.00 bits per heavy atom. The van der Waals surface area contributed by atoms with Crippen molar-refractivity contribution >= 4 is 20.2 Å². The molecule has 1 rings (SSSR count). The van der Waals surface area contributed by atoms with Crippen molar-refractivity contribution < 1.29 is 25.9 Å². The predicted molar refractivity (Wildman–Crippen MR) is 57.4 cm³/mol. The average molecular weight is 273 g/mol. The number of hydrogen-bond acceptors (Lipinski definition) is 5. The van der Waals surface area contributed by atoms with Gasteiger partial charge in [0.05, 0.1) is 5.25 Å². The molecular weight excluding hydrogens is 258 g/mol. The van der Waals surface area contributed by atoms with Crippen LogP contribution in [0.4, 0.5) is 0 Å². The van der Waals surface area contributed by atoms with E-state index in [4.69, 9.17) is 9.11 Å². The number of nitrogens with one attached hydrogen (secondary N) is 1. The molecule has 3 unspecified atom stereocenters. The Kier molecular flexibility index (Phi) is 3.95. The van der Waals surface area contributed by atoms with Crippen molar-refractivity contribution in [3.63, 3.8) is 0 Å². The molecule has 0 bridgehead atoms. The van der Waals surface area contributed by atoms with E-state index in [0.717, 1.165) is 0 Å². The molecule has 0 saturated heterocycles. The Morgan fingerprint density at radius 1 is 1.06 bits per heavy atom. The first-order valence-electron chi connectivity index (χ1n) is 4.76. The maximum atomic E-state index is 11.0. The van der Waals surface area contributed by atoms with Crippen LogP contribution in [-0.2, 0) is 20.2 Å². The first-order chi connectivity index (χ1) is 7.16. The van der Waals surface area contributed by atoms with Gasteiger partial charge < -0.3 is 5.32 Å². The highest BCUT2D eigenvalue weighted by atomic mass is 32.2. The van der Waals surface area contributed by atoms with Crippen LogP contribution in [0.25, 0.3) is 0 Å². The van der Waals surface area contributed by atoms with Gasteiger partial charge in [-0.1, -0.05) is 0 Å². The summed E-state index contributed by atoms with van der Waals surface area (Å²) in [6.07, 6.45) is 0.00998. The lowest BCUT2D eigenvalue weighted by atomic mass is 9.94. The molecule has 16 heavy (non-hydrogen) atoms. The van der Waals surface area contributed by atoms with Crippen LogP contribution in [0.3, 0.4) is 0 Å². The van der Waals surface area contributed by atoms with Crippen LogP contribution in [0.15, 0.2) is 0 Å². The summed E-state index contributed by atoms with van der Waals surface area (Å²) < 4.78 is 61.7. The molecule has 0 aliphatic heterocycles. The fourth-order valence-electron chi connectivity index (χ4n) is 2.03. The van der Waals surface area contributed by atoms with Crippen LogP contribution in [0, 0.1) is 0 Å². The smallest absolute Gasteiger partial charge is 0.269 e. The van der Waals surface area contributed by atoms with E-state index in [1.807, 2.05) is 0 Å². The van der Waals surface area contributed by atoms with Gasteiger partial charge >= 0.3 is 0 Å². The van der Waals surface area contributed by atoms with Crippen LogP contribution in [-0.4, -0.2) is 49.5 Å². The molecule has 0 aromatic rings. The average Bonchev–Trinajstić information content (AvgIpc) is 2.14. The van der Waals surface area contributed by atoms with Crippen LogP contribution < -0.4 is 5.32 Å². The van der Waals surface area contributed by atoms with Gasteiger partial charge in [0.1, 0.15) is 5.25 Å². The fraction of sp³-hybridized carbons (Fsp3) is 1.00. The monoisotopic (exact) mass is 273 g/mol. The third-order valence-electron chi connectivity index (χ3n) is 2.91. The lowest BCUT2D eigenvalue weighted by Gasteiger charge is -2.32. The Morgan fingerprint density at radius 2 is 1.62 bits per heavy atom. The van der Waals surface area contributed by atoms with Crippen molar-refractivity contribution in [3.05, 3.63) is 0 Å². The molecular formula is C7H15NO6S2. The lowest BCUT2D eigenvalue weighted by molar-refractivity contribution is 0.350. The molecule has 1 aliphatic rings. The van der Waals surface area contributed by atoms with Crippen molar-refractivity contribution in [2.45, 2.75) is 35.8 Å². The minimum Gasteiger partial charge on any atom is -0.316 e. The molecule has 0 amide bonds. The molecule has 1 saturated carbocycles. The van der Waals surface area contributed by atoms with E-state index in [9.17, 15) is 16.8 Å². The predicted octanol–water partition coefficient (Wildman–Crippen LogP) is -0.729. The van der Waals surface area contributed by atoms with Crippen molar-refractivity contribution in [1.82, 2.24) is 5.32 Å². The minimum absolute atomic E-state index is 0.00873. The highest BCUT2D eigenvalue weighted by Gasteiger charge is 2.40. The molecule has 3 N–H and O–H groups in total. The van der Waals surface area contributed by atoms with Crippen LogP contribution in [0.5, 0.6) is 0 Å². The maximum absolute atomic E-state index is 11.0. The zero-order valence-electron chi connectivity index (χ0n) is 8.70. The largest absolute Gasteiger partial charge is 0.316 e. The topological polar surface area (TPSA) is 121 Å². The molecule has 0 heterocycles. The zero-order valence-corrected chi connectivity index (χ0v) is 10.3. The highest BCUT2D eigenvalue weighted by Crippen LogP contribution is 2.27. The SMILES string of the molecule is CNC1CC(S(=O)(=O)O)CCC1S(=O)(=O)O. The summed E-state index contributed by atoms with van der Waals surface area (Å²) in [5.41, 5.74) is 0. The molecule has 7 nitrogen and oxygen atoms in total. The van der Waals surface area contributed by atoms with Crippen molar-refractivity contribution in [3.8, 4) is 0 Å². The second-order valence-corrected chi connectivity index (χ2v) is 7.23. The molecule has 0 spiro atoms. The molecule has 1 aliphatic carbocycles. The molecule has 0 radical (unpaired) electrons. The molecule has 9 heteroatoms. The van der Waals surface area contributed by atoms with Crippen LogP contribution in [0.1, 0.15) is 19.3 Å². The van der Waals surface area contributed by atoms with Crippen LogP contribution in [0.2, 0.25) is 0 Å². The van der Waals surface area contributed by atoms with Crippen molar-refractivity contribution in [1.29, 1.82) is 0 Å². The van der Waals surface area contributed by atoms with E-state index in [0.29, 0.717) is 0 Å². The van der Waals surface area contributed by atoms with E-state index in [1.54, 1.807) is 0 Å². The first-order valence-corrected chi connectivity index (χ1v) is 7.76. The van der Waals surface area contributed by atoms with E-state index >= 15 is 0 Å². The van der Waals surface area contributed by atoms with Gasteiger partial charge in [0, 0.05) is 6.04 Å². The summed E-state index contributed by atoms with van der Waals surface area (Å²) in [5, 5.41) is 0.660.